The quantitative estimate of drug-likeness (QED) is 0.590. The summed E-state index contributed by atoms with van der Waals surface area (Å²) in [5.41, 5.74) is 20.6. The van der Waals surface area contributed by atoms with Crippen LogP contribution in [0.4, 0.5) is 11.6 Å². The summed E-state index contributed by atoms with van der Waals surface area (Å²) < 4.78 is 2.37. The monoisotopic (exact) mass is 346 g/mol. The van der Waals surface area contributed by atoms with Crippen LogP contribution in [0.2, 0.25) is 0 Å². The minimum absolute atomic E-state index is 0.367. The predicted octanol–water partition coefficient (Wildman–Crippen LogP) is 0.249. The Morgan fingerprint density at radius 3 is 2.52 bits per heavy atom. The Kier molecular flexibility index (Phi) is 3.37. The van der Waals surface area contributed by atoms with E-state index in [-0.39, 0.29) is 0 Å². The van der Waals surface area contributed by atoms with Crippen LogP contribution in [0.5, 0.6) is 0 Å². The molecule has 3 rings (SSSR count). The molecular weight excluding hydrogens is 331 g/mol. The Bertz CT molecular complexity index is 824. The zero-order chi connectivity index (χ0) is 15.0. The first kappa shape index (κ1) is 13.6. The summed E-state index contributed by atoms with van der Waals surface area (Å²) in [6.07, 6.45) is 1.43. The first-order valence-electron chi connectivity index (χ1n) is 6.31. The Morgan fingerprint density at radius 2 is 1.86 bits per heavy atom. The molecule has 0 aliphatic rings. The predicted molar refractivity (Wildman–Crippen MR) is 85.9 cm³/mol. The second kappa shape index (κ2) is 5.20. The molecule has 0 fully saturated rings. The molecular formula is C14H14N6Se. The molecule has 0 atom stereocenters. The van der Waals surface area contributed by atoms with E-state index in [4.69, 9.17) is 17.2 Å². The first-order chi connectivity index (χ1) is 10.1. The minimum atomic E-state index is 0.367. The normalized spacial score (nSPS) is 10.9. The van der Waals surface area contributed by atoms with Crippen LogP contribution in [-0.4, -0.2) is 34.7 Å². The topological polar surface area (TPSA) is 109 Å². The van der Waals surface area contributed by atoms with E-state index in [1.54, 1.807) is 0 Å². The number of hydrogen-bond acceptors (Lipinski definition) is 5. The molecule has 0 radical (unpaired) electrons. The molecule has 7 heteroatoms. The van der Waals surface area contributed by atoms with Crippen LogP contribution in [0.15, 0.2) is 36.7 Å². The van der Waals surface area contributed by atoms with Gasteiger partial charge in [0.05, 0.1) is 0 Å². The zero-order valence-electron chi connectivity index (χ0n) is 11.2. The van der Waals surface area contributed by atoms with Gasteiger partial charge in [-0.3, -0.25) is 0 Å². The van der Waals surface area contributed by atoms with Crippen LogP contribution >= 0.6 is 0 Å². The molecule has 106 valence electrons. The number of benzene rings is 1. The van der Waals surface area contributed by atoms with Crippen molar-refractivity contribution >= 4 is 42.8 Å². The van der Waals surface area contributed by atoms with Gasteiger partial charge in [0.1, 0.15) is 0 Å². The van der Waals surface area contributed by atoms with Crippen molar-refractivity contribution < 1.29 is 0 Å². The molecule has 0 bridgehead atoms. The third-order valence-electron chi connectivity index (χ3n) is 3.34. The second-order valence-electron chi connectivity index (χ2n) is 4.65. The molecule has 0 saturated heterocycles. The van der Waals surface area contributed by atoms with Crippen molar-refractivity contribution in [1.82, 2.24) is 14.5 Å². The van der Waals surface area contributed by atoms with Crippen LogP contribution < -0.4 is 17.2 Å². The average molecular weight is 345 g/mol. The van der Waals surface area contributed by atoms with Crippen molar-refractivity contribution in [3.63, 3.8) is 0 Å². The van der Waals surface area contributed by atoms with Crippen molar-refractivity contribution in [3.05, 3.63) is 47.8 Å². The van der Waals surface area contributed by atoms with Gasteiger partial charge in [0.25, 0.3) is 0 Å². The summed E-state index contributed by atoms with van der Waals surface area (Å²) in [4.78, 5) is 8.34. The molecule has 0 aliphatic heterocycles. The van der Waals surface area contributed by atoms with Gasteiger partial charge in [-0.25, -0.2) is 0 Å². The van der Waals surface area contributed by atoms with Crippen molar-refractivity contribution in [2.24, 2.45) is 5.73 Å². The van der Waals surface area contributed by atoms with Crippen LogP contribution in [-0.2, 0) is 6.54 Å². The summed E-state index contributed by atoms with van der Waals surface area (Å²) in [6, 6.07) is 9.99. The van der Waals surface area contributed by atoms with E-state index in [2.05, 4.69) is 25.5 Å². The number of nitrogens with two attached hydrogens (primary N) is 3. The molecule has 0 spiro atoms. The molecule has 2 aromatic heterocycles. The average Bonchev–Trinajstić information content (AvgIpc) is 2.75. The van der Waals surface area contributed by atoms with Gasteiger partial charge in [-0.1, -0.05) is 0 Å². The number of anilines is 2. The number of hydrogen-bond donors (Lipinski definition) is 3. The maximum absolute atomic E-state index is 6.25. The fourth-order valence-electron chi connectivity index (χ4n) is 2.39. The summed E-state index contributed by atoms with van der Waals surface area (Å²) in [7, 11) is 0. The van der Waals surface area contributed by atoms with E-state index in [0.717, 1.165) is 5.56 Å². The van der Waals surface area contributed by atoms with E-state index in [0.29, 0.717) is 39.3 Å². The molecule has 0 saturated carbocycles. The number of fused-ring (bicyclic) bond motifs is 1. The standard InChI is InChI=1S/C14H14N6Se/c15-11-9-10(13(17)21)12(16)20(14(9)19-7-18-11)6-8-4-2-1-3-5-8/h1-5,7H,6,16H2,(H2,17,21)(H2,15,18,19). The van der Waals surface area contributed by atoms with Crippen molar-refractivity contribution in [1.29, 1.82) is 0 Å². The van der Waals surface area contributed by atoms with Gasteiger partial charge in [-0.15, -0.1) is 0 Å². The van der Waals surface area contributed by atoms with Crippen molar-refractivity contribution in [2.75, 3.05) is 11.5 Å². The van der Waals surface area contributed by atoms with Crippen LogP contribution in [0.3, 0.4) is 0 Å². The van der Waals surface area contributed by atoms with Crippen LogP contribution in [0.1, 0.15) is 11.1 Å². The van der Waals surface area contributed by atoms with Gasteiger partial charge in [0, 0.05) is 0 Å². The van der Waals surface area contributed by atoms with Crippen LogP contribution in [0, 0.1) is 0 Å². The third kappa shape index (κ3) is 2.26. The van der Waals surface area contributed by atoms with Crippen LogP contribution in [0.25, 0.3) is 11.0 Å². The van der Waals surface area contributed by atoms with E-state index < -0.39 is 0 Å². The third-order valence-corrected chi connectivity index (χ3v) is 3.77. The number of aromatic nitrogens is 3. The molecule has 3 aromatic rings. The maximum atomic E-state index is 6.25. The second-order valence-corrected chi connectivity index (χ2v) is 5.58. The molecule has 1 aromatic carbocycles. The molecule has 0 amide bonds. The Labute approximate surface area is 129 Å². The molecule has 0 aliphatic carbocycles. The summed E-state index contributed by atoms with van der Waals surface area (Å²) in [5.74, 6) is 0.893. The first-order valence-corrected chi connectivity index (χ1v) is 7.17. The molecule has 0 unspecified atom stereocenters. The summed E-state index contributed by atoms with van der Waals surface area (Å²) >= 11 is 2.78. The Hall–Kier alpha value is -2.37. The fraction of sp³-hybridized carbons (Fsp3) is 0.0714. The van der Waals surface area contributed by atoms with Crippen molar-refractivity contribution in [3.8, 4) is 0 Å². The SMILES string of the molecule is NC(=[Se])c1c(N)n(Cc2ccccc2)c2ncnc(N)c12. The fourth-order valence-corrected chi connectivity index (χ4v) is 2.82. The molecule has 6 N–H and O–H groups in total. The van der Waals surface area contributed by atoms with Gasteiger partial charge < -0.3 is 0 Å². The van der Waals surface area contributed by atoms with E-state index in [1.165, 1.54) is 6.33 Å². The number of rotatable bonds is 3. The summed E-state index contributed by atoms with van der Waals surface area (Å²) in [6.45, 7) is 0.590. The van der Waals surface area contributed by atoms with E-state index in [1.807, 2.05) is 34.9 Å². The zero-order valence-corrected chi connectivity index (χ0v) is 12.9. The molecule has 6 nitrogen and oxygen atoms in total. The number of nitrogen functional groups attached to an aromatic ring is 2. The molecule has 21 heavy (non-hydrogen) atoms. The van der Waals surface area contributed by atoms with Gasteiger partial charge in [-0.05, 0) is 0 Å². The molecule has 2 heterocycles. The van der Waals surface area contributed by atoms with Gasteiger partial charge in [-0.2, -0.15) is 0 Å². The number of nitrogens with zero attached hydrogens (tertiary/aromatic N) is 3. The van der Waals surface area contributed by atoms with Gasteiger partial charge >= 0.3 is 129 Å². The Balaban J connectivity index is 2.26. The van der Waals surface area contributed by atoms with E-state index >= 15 is 0 Å². The van der Waals surface area contributed by atoms with Gasteiger partial charge in [0.2, 0.25) is 0 Å². The van der Waals surface area contributed by atoms with E-state index in [9.17, 15) is 0 Å². The van der Waals surface area contributed by atoms with Gasteiger partial charge in [0.15, 0.2) is 0 Å². The van der Waals surface area contributed by atoms with Crippen molar-refractivity contribution in [2.45, 2.75) is 6.54 Å². The Morgan fingerprint density at radius 1 is 1.14 bits per heavy atom. The summed E-state index contributed by atoms with van der Waals surface area (Å²) in [5, 5.41) is 0.683.